The van der Waals surface area contributed by atoms with Gasteiger partial charge in [0.05, 0.1) is 17.4 Å². The van der Waals surface area contributed by atoms with Gasteiger partial charge >= 0.3 is 0 Å². The van der Waals surface area contributed by atoms with Crippen molar-refractivity contribution in [1.82, 2.24) is 4.98 Å². The van der Waals surface area contributed by atoms with Crippen LogP contribution >= 0.6 is 0 Å². The van der Waals surface area contributed by atoms with Gasteiger partial charge in [0.2, 0.25) is 5.91 Å². The second kappa shape index (κ2) is 6.23. The maximum absolute atomic E-state index is 12.0. The predicted molar refractivity (Wildman–Crippen MR) is 79.1 cm³/mol. The number of nitrogens with two attached hydrogens (primary N) is 1. The molecule has 6 nitrogen and oxygen atoms in total. The van der Waals surface area contributed by atoms with Gasteiger partial charge in [-0.05, 0) is 43.2 Å². The van der Waals surface area contributed by atoms with Gasteiger partial charge in [0, 0.05) is 6.20 Å². The summed E-state index contributed by atoms with van der Waals surface area (Å²) in [6.45, 7) is 1.79. The third-order valence-corrected chi connectivity index (χ3v) is 3.10. The number of phenolic OH excluding ortho intramolecular Hbond substituents is 2. The lowest BCUT2D eigenvalue weighted by Gasteiger charge is -2.13. The molecule has 0 saturated heterocycles. The average Bonchev–Trinajstić information content (AvgIpc) is 2.45. The van der Waals surface area contributed by atoms with Gasteiger partial charge in [0.25, 0.3) is 0 Å². The van der Waals surface area contributed by atoms with E-state index >= 15 is 0 Å². The number of aryl methyl sites for hydroxylation is 1. The van der Waals surface area contributed by atoms with Gasteiger partial charge in [-0.1, -0.05) is 6.07 Å². The Hall–Kier alpha value is -2.60. The van der Waals surface area contributed by atoms with Crippen LogP contribution in [0.4, 0.5) is 5.69 Å². The Morgan fingerprint density at radius 1 is 1.33 bits per heavy atom. The molecule has 2 aromatic rings. The second-order valence-corrected chi connectivity index (χ2v) is 4.76. The van der Waals surface area contributed by atoms with Gasteiger partial charge in [-0.2, -0.15) is 0 Å². The van der Waals surface area contributed by atoms with E-state index in [0.717, 1.165) is 0 Å². The van der Waals surface area contributed by atoms with Crippen LogP contribution in [0.3, 0.4) is 0 Å². The number of benzene rings is 1. The van der Waals surface area contributed by atoms with Crippen LogP contribution in [0.25, 0.3) is 0 Å². The summed E-state index contributed by atoms with van der Waals surface area (Å²) >= 11 is 0. The number of pyridine rings is 1. The number of carbonyl (C=O) groups excluding carboxylic acids is 1. The molecule has 6 heteroatoms. The van der Waals surface area contributed by atoms with Crippen LogP contribution in [0.1, 0.15) is 11.3 Å². The van der Waals surface area contributed by atoms with E-state index < -0.39 is 6.04 Å². The Morgan fingerprint density at radius 2 is 2.10 bits per heavy atom. The van der Waals surface area contributed by atoms with Crippen LogP contribution < -0.4 is 11.1 Å². The van der Waals surface area contributed by atoms with E-state index in [1.165, 1.54) is 12.1 Å². The minimum atomic E-state index is -0.770. The predicted octanol–water partition coefficient (Wildman–Crippen LogP) is 1.31. The third kappa shape index (κ3) is 3.70. The fourth-order valence-corrected chi connectivity index (χ4v) is 1.88. The zero-order valence-electron chi connectivity index (χ0n) is 11.6. The molecular weight excluding hydrogens is 270 g/mol. The molecule has 1 amide bonds. The van der Waals surface area contributed by atoms with E-state index in [-0.39, 0.29) is 23.8 Å². The summed E-state index contributed by atoms with van der Waals surface area (Å²) in [6.07, 6.45) is 1.89. The number of aromatic hydroxyl groups is 2. The summed E-state index contributed by atoms with van der Waals surface area (Å²) in [5.74, 6) is -0.773. The molecule has 2 rings (SSSR count). The summed E-state index contributed by atoms with van der Waals surface area (Å²) in [4.78, 5) is 16.1. The quantitative estimate of drug-likeness (QED) is 0.634. The Bertz CT molecular complexity index is 658. The first-order valence-electron chi connectivity index (χ1n) is 6.46. The molecule has 0 aliphatic heterocycles. The van der Waals surface area contributed by atoms with E-state index in [1.54, 1.807) is 31.3 Å². The van der Waals surface area contributed by atoms with Crippen LogP contribution in [0.15, 0.2) is 36.5 Å². The summed E-state index contributed by atoms with van der Waals surface area (Å²) in [7, 11) is 0. The van der Waals surface area contributed by atoms with Crippen LogP contribution in [-0.4, -0.2) is 27.1 Å². The molecule has 1 heterocycles. The van der Waals surface area contributed by atoms with E-state index in [0.29, 0.717) is 16.9 Å². The number of rotatable bonds is 4. The van der Waals surface area contributed by atoms with Crippen molar-refractivity contribution >= 4 is 11.6 Å². The number of hydrogen-bond donors (Lipinski definition) is 4. The number of phenols is 2. The highest BCUT2D eigenvalue weighted by Gasteiger charge is 2.16. The Labute approximate surface area is 122 Å². The SMILES string of the molecule is Cc1ncccc1NC(=O)[C@@H](N)Cc1ccc(O)c(O)c1. The first-order chi connectivity index (χ1) is 9.97. The summed E-state index contributed by atoms with van der Waals surface area (Å²) in [5, 5.41) is 21.4. The van der Waals surface area contributed by atoms with E-state index in [1.807, 2.05) is 0 Å². The third-order valence-electron chi connectivity index (χ3n) is 3.10. The molecule has 5 N–H and O–H groups in total. The smallest absolute Gasteiger partial charge is 0.241 e. The van der Waals surface area contributed by atoms with Crippen LogP contribution in [0.5, 0.6) is 11.5 Å². The number of hydrogen-bond acceptors (Lipinski definition) is 5. The first-order valence-corrected chi connectivity index (χ1v) is 6.46. The van der Waals surface area contributed by atoms with Crippen LogP contribution in [0, 0.1) is 6.92 Å². The first kappa shape index (κ1) is 14.8. The molecule has 0 fully saturated rings. The van der Waals surface area contributed by atoms with Crippen LogP contribution in [0.2, 0.25) is 0 Å². The molecule has 21 heavy (non-hydrogen) atoms. The molecular formula is C15H17N3O3. The number of amides is 1. The molecule has 1 aromatic carbocycles. The topological polar surface area (TPSA) is 108 Å². The van der Waals surface area contributed by atoms with E-state index in [9.17, 15) is 15.0 Å². The highest BCUT2D eigenvalue weighted by atomic mass is 16.3. The second-order valence-electron chi connectivity index (χ2n) is 4.76. The largest absolute Gasteiger partial charge is 0.504 e. The lowest BCUT2D eigenvalue weighted by atomic mass is 10.1. The molecule has 110 valence electrons. The fourth-order valence-electron chi connectivity index (χ4n) is 1.88. The number of nitrogens with one attached hydrogen (secondary N) is 1. The van der Waals surface area contributed by atoms with Crippen molar-refractivity contribution in [3.63, 3.8) is 0 Å². The van der Waals surface area contributed by atoms with Gasteiger partial charge in [0.15, 0.2) is 11.5 Å². The van der Waals surface area contributed by atoms with E-state index in [2.05, 4.69) is 10.3 Å². The van der Waals surface area contributed by atoms with Crippen molar-refractivity contribution in [2.24, 2.45) is 5.73 Å². The normalized spacial score (nSPS) is 11.9. The average molecular weight is 287 g/mol. The minimum absolute atomic E-state index is 0.206. The van der Waals surface area contributed by atoms with Crippen LogP contribution in [-0.2, 0) is 11.2 Å². The van der Waals surface area contributed by atoms with Gasteiger partial charge in [-0.25, -0.2) is 0 Å². The van der Waals surface area contributed by atoms with Crippen molar-refractivity contribution in [2.45, 2.75) is 19.4 Å². The number of aromatic nitrogens is 1. The number of nitrogens with zero attached hydrogens (tertiary/aromatic N) is 1. The lowest BCUT2D eigenvalue weighted by molar-refractivity contribution is -0.117. The Kier molecular flexibility index (Phi) is 4.39. The maximum Gasteiger partial charge on any atom is 0.241 e. The maximum atomic E-state index is 12.0. The summed E-state index contributed by atoms with van der Waals surface area (Å²) < 4.78 is 0. The van der Waals surface area contributed by atoms with Gasteiger partial charge in [0.1, 0.15) is 0 Å². The molecule has 1 aromatic heterocycles. The zero-order chi connectivity index (χ0) is 15.4. The Balaban J connectivity index is 2.02. The summed E-state index contributed by atoms with van der Waals surface area (Å²) in [5.41, 5.74) is 7.85. The molecule has 0 unspecified atom stereocenters. The van der Waals surface area contributed by atoms with E-state index in [4.69, 9.17) is 5.73 Å². The monoisotopic (exact) mass is 287 g/mol. The molecule has 0 aliphatic carbocycles. The lowest BCUT2D eigenvalue weighted by Crippen LogP contribution is -2.37. The highest BCUT2D eigenvalue weighted by molar-refractivity contribution is 5.95. The van der Waals surface area contributed by atoms with Gasteiger partial charge in [-0.15, -0.1) is 0 Å². The van der Waals surface area contributed by atoms with Crippen molar-refractivity contribution in [3.05, 3.63) is 47.8 Å². The highest BCUT2D eigenvalue weighted by Crippen LogP contribution is 2.25. The number of anilines is 1. The molecule has 0 aliphatic rings. The van der Waals surface area contributed by atoms with Crippen molar-refractivity contribution in [3.8, 4) is 11.5 Å². The molecule has 0 spiro atoms. The van der Waals surface area contributed by atoms with Gasteiger partial charge in [-0.3, -0.25) is 9.78 Å². The molecule has 0 radical (unpaired) electrons. The zero-order valence-corrected chi connectivity index (χ0v) is 11.6. The van der Waals surface area contributed by atoms with Crippen molar-refractivity contribution in [2.75, 3.05) is 5.32 Å². The standard InChI is InChI=1S/C15H17N3O3/c1-9-12(3-2-6-17-9)18-15(21)11(16)7-10-4-5-13(19)14(20)8-10/h2-6,8,11,19-20H,7,16H2,1H3,(H,18,21)/t11-/m0/s1. The van der Waals surface area contributed by atoms with Gasteiger partial charge < -0.3 is 21.3 Å². The number of carbonyl (C=O) groups is 1. The van der Waals surface area contributed by atoms with Crippen molar-refractivity contribution < 1.29 is 15.0 Å². The molecule has 0 saturated carbocycles. The Morgan fingerprint density at radius 3 is 2.76 bits per heavy atom. The minimum Gasteiger partial charge on any atom is -0.504 e. The van der Waals surface area contributed by atoms with Crippen molar-refractivity contribution in [1.29, 1.82) is 0 Å². The molecule has 0 bridgehead atoms. The summed E-state index contributed by atoms with van der Waals surface area (Å²) in [6, 6.07) is 7.06. The molecule has 1 atom stereocenters. The fraction of sp³-hybridized carbons (Fsp3) is 0.200.